The van der Waals surface area contributed by atoms with E-state index in [0.29, 0.717) is 23.6 Å². The predicted molar refractivity (Wildman–Crippen MR) is 96.9 cm³/mol. The van der Waals surface area contributed by atoms with Gasteiger partial charge in [-0.15, -0.1) is 0 Å². The fourth-order valence-corrected chi connectivity index (χ4v) is 3.94. The SMILES string of the molecule is Cc1n[nH]c(C)c1S(=O)(=O)Nc1ccc(NCc2ccncc2)cc1. The van der Waals surface area contributed by atoms with Gasteiger partial charge in [-0.2, -0.15) is 5.10 Å². The van der Waals surface area contributed by atoms with Gasteiger partial charge in [-0.3, -0.25) is 14.8 Å². The van der Waals surface area contributed by atoms with Gasteiger partial charge < -0.3 is 5.32 Å². The fraction of sp³-hybridized carbons (Fsp3) is 0.176. The smallest absolute Gasteiger partial charge is 0.265 e. The molecular formula is C17H19N5O2S. The lowest BCUT2D eigenvalue weighted by atomic mass is 10.2. The lowest BCUT2D eigenvalue weighted by molar-refractivity contribution is 0.600. The Hall–Kier alpha value is -2.87. The molecule has 0 aliphatic rings. The largest absolute Gasteiger partial charge is 0.381 e. The number of aromatic nitrogens is 3. The van der Waals surface area contributed by atoms with Crippen molar-refractivity contribution in [2.45, 2.75) is 25.3 Å². The van der Waals surface area contributed by atoms with Crippen molar-refractivity contribution in [1.82, 2.24) is 15.2 Å². The van der Waals surface area contributed by atoms with E-state index in [2.05, 4.69) is 25.2 Å². The van der Waals surface area contributed by atoms with E-state index in [-0.39, 0.29) is 4.90 Å². The van der Waals surface area contributed by atoms with Crippen LogP contribution in [0.4, 0.5) is 11.4 Å². The summed E-state index contributed by atoms with van der Waals surface area (Å²) < 4.78 is 27.6. The summed E-state index contributed by atoms with van der Waals surface area (Å²) in [5.74, 6) is 0. The van der Waals surface area contributed by atoms with Crippen LogP contribution in [0.5, 0.6) is 0 Å². The van der Waals surface area contributed by atoms with E-state index >= 15 is 0 Å². The fourth-order valence-electron chi connectivity index (χ4n) is 2.50. The molecule has 0 aliphatic carbocycles. The van der Waals surface area contributed by atoms with Gasteiger partial charge in [-0.25, -0.2) is 8.42 Å². The summed E-state index contributed by atoms with van der Waals surface area (Å²) in [6.07, 6.45) is 3.49. The maximum atomic E-state index is 12.5. The van der Waals surface area contributed by atoms with Gasteiger partial charge in [0.25, 0.3) is 10.0 Å². The van der Waals surface area contributed by atoms with Crippen molar-refractivity contribution >= 4 is 21.4 Å². The van der Waals surface area contributed by atoms with Crippen LogP contribution in [0.25, 0.3) is 0 Å². The molecule has 0 atom stereocenters. The van der Waals surface area contributed by atoms with Gasteiger partial charge in [0.15, 0.2) is 0 Å². The molecule has 0 fully saturated rings. The number of nitrogens with zero attached hydrogens (tertiary/aromatic N) is 2. The molecule has 0 unspecified atom stereocenters. The Balaban J connectivity index is 1.68. The molecule has 8 heteroatoms. The van der Waals surface area contributed by atoms with Crippen molar-refractivity contribution in [1.29, 1.82) is 0 Å². The summed E-state index contributed by atoms with van der Waals surface area (Å²) in [4.78, 5) is 4.17. The van der Waals surface area contributed by atoms with E-state index in [1.54, 1.807) is 38.4 Å². The monoisotopic (exact) mass is 357 g/mol. The molecular weight excluding hydrogens is 338 g/mol. The van der Waals surface area contributed by atoms with Crippen LogP contribution in [-0.2, 0) is 16.6 Å². The number of sulfonamides is 1. The van der Waals surface area contributed by atoms with Crippen LogP contribution in [0.2, 0.25) is 0 Å². The summed E-state index contributed by atoms with van der Waals surface area (Å²) in [5, 5.41) is 9.90. The van der Waals surface area contributed by atoms with Gasteiger partial charge in [0.1, 0.15) is 4.90 Å². The molecule has 2 aromatic heterocycles. The maximum Gasteiger partial charge on any atom is 0.265 e. The first kappa shape index (κ1) is 17.0. The normalized spacial score (nSPS) is 11.3. The third-order valence-electron chi connectivity index (χ3n) is 3.71. The molecule has 7 nitrogen and oxygen atoms in total. The average molecular weight is 357 g/mol. The van der Waals surface area contributed by atoms with Crippen LogP contribution < -0.4 is 10.0 Å². The van der Waals surface area contributed by atoms with Gasteiger partial charge >= 0.3 is 0 Å². The van der Waals surface area contributed by atoms with E-state index in [4.69, 9.17) is 0 Å². The molecule has 0 saturated heterocycles. The molecule has 3 rings (SSSR count). The first-order valence-corrected chi connectivity index (χ1v) is 9.21. The number of aromatic amines is 1. The van der Waals surface area contributed by atoms with E-state index in [1.807, 2.05) is 24.3 Å². The molecule has 130 valence electrons. The van der Waals surface area contributed by atoms with Gasteiger partial charge in [-0.05, 0) is 55.8 Å². The Morgan fingerprint density at radius 3 is 2.24 bits per heavy atom. The Kier molecular flexibility index (Phi) is 4.71. The Morgan fingerprint density at radius 1 is 1.00 bits per heavy atom. The number of rotatable bonds is 6. The second-order valence-corrected chi connectivity index (χ2v) is 7.27. The van der Waals surface area contributed by atoms with Gasteiger partial charge in [0.2, 0.25) is 0 Å². The number of benzene rings is 1. The molecule has 0 saturated carbocycles. The van der Waals surface area contributed by atoms with Crippen LogP contribution in [0.3, 0.4) is 0 Å². The van der Waals surface area contributed by atoms with E-state index in [0.717, 1.165) is 11.3 Å². The van der Waals surface area contributed by atoms with Crippen molar-refractivity contribution in [3.63, 3.8) is 0 Å². The number of aryl methyl sites for hydroxylation is 2. The number of nitrogens with one attached hydrogen (secondary N) is 3. The molecule has 2 heterocycles. The molecule has 0 bridgehead atoms. The number of anilines is 2. The van der Waals surface area contributed by atoms with Crippen LogP contribution in [0.1, 0.15) is 17.0 Å². The molecule has 0 radical (unpaired) electrons. The molecule has 0 amide bonds. The van der Waals surface area contributed by atoms with Gasteiger partial charge in [0.05, 0.1) is 11.4 Å². The molecule has 25 heavy (non-hydrogen) atoms. The summed E-state index contributed by atoms with van der Waals surface area (Å²) in [5.41, 5.74) is 3.47. The zero-order valence-electron chi connectivity index (χ0n) is 13.9. The van der Waals surface area contributed by atoms with Crippen molar-refractivity contribution < 1.29 is 8.42 Å². The quantitative estimate of drug-likeness (QED) is 0.630. The third-order valence-corrected chi connectivity index (χ3v) is 5.36. The minimum absolute atomic E-state index is 0.187. The third kappa shape index (κ3) is 3.97. The first-order chi connectivity index (χ1) is 12.0. The highest BCUT2D eigenvalue weighted by Crippen LogP contribution is 2.22. The molecule has 3 N–H and O–H groups in total. The standard InChI is InChI=1S/C17H19N5O2S/c1-12-17(13(2)21-20-12)25(23,24)22-16-5-3-15(4-6-16)19-11-14-7-9-18-10-8-14/h3-10,19,22H,11H2,1-2H3,(H,20,21). The van der Waals surface area contributed by atoms with E-state index in [1.165, 1.54) is 0 Å². The Morgan fingerprint density at radius 2 is 1.64 bits per heavy atom. The topological polar surface area (TPSA) is 99.8 Å². The number of H-pyrrole nitrogens is 1. The molecule has 0 spiro atoms. The lowest BCUT2D eigenvalue weighted by Crippen LogP contribution is -2.14. The average Bonchev–Trinajstić information content (AvgIpc) is 2.94. The zero-order chi connectivity index (χ0) is 17.9. The van der Waals surface area contributed by atoms with Crippen LogP contribution in [-0.4, -0.2) is 23.6 Å². The van der Waals surface area contributed by atoms with Gasteiger partial charge in [0, 0.05) is 30.3 Å². The molecule has 0 aliphatic heterocycles. The predicted octanol–water partition coefficient (Wildman–Crippen LogP) is 2.83. The van der Waals surface area contributed by atoms with E-state index < -0.39 is 10.0 Å². The van der Waals surface area contributed by atoms with Crippen LogP contribution >= 0.6 is 0 Å². The maximum absolute atomic E-state index is 12.5. The number of hydrogen-bond donors (Lipinski definition) is 3. The van der Waals surface area contributed by atoms with Crippen molar-refractivity contribution in [2.24, 2.45) is 0 Å². The summed E-state index contributed by atoms with van der Waals surface area (Å²) in [6.45, 7) is 4.01. The van der Waals surface area contributed by atoms with Crippen molar-refractivity contribution in [2.75, 3.05) is 10.0 Å². The highest BCUT2D eigenvalue weighted by Gasteiger charge is 2.22. The first-order valence-electron chi connectivity index (χ1n) is 7.73. The Labute approximate surface area is 146 Å². The second-order valence-electron chi connectivity index (χ2n) is 5.66. The minimum Gasteiger partial charge on any atom is -0.381 e. The highest BCUT2D eigenvalue weighted by molar-refractivity contribution is 7.92. The lowest BCUT2D eigenvalue weighted by Gasteiger charge is -2.10. The van der Waals surface area contributed by atoms with Crippen LogP contribution in [0, 0.1) is 13.8 Å². The summed E-state index contributed by atoms with van der Waals surface area (Å²) in [7, 11) is -3.67. The van der Waals surface area contributed by atoms with Crippen molar-refractivity contribution in [3.8, 4) is 0 Å². The van der Waals surface area contributed by atoms with Crippen LogP contribution in [0.15, 0.2) is 53.7 Å². The van der Waals surface area contributed by atoms with Gasteiger partial charge in [-0.1, -0.05) is 0 Å². The summed E-state index contributed by atoms with van der Waals surface area (Å²) >= 11 is 0. The summed E-state index contributed by atoms with van der Waals surface area (Å²) in [6, 6.07) is 11.0. The zero-order valence-corrected chi connectivity index (χ0v) is 14.8. The number of pyridine rings is 1. The Bertz CT molecular complexity index is 931. The van der Waals surface area contributed by atoms with Crippen molar-refractivity contribution in [3.05, 3.63) is 65.7 Å². The highest BCUT2D eigenvalue weighted by atomic mass is 32.2. The minimum atomic E-state index is -3.67. The second kappa shape index (κ2) is 6.94. The number of hydrogen-bond acceptors (Lipinski definition) is 5. The van der Waals surface area contributed by atoms with E-state index in [9.17, 15) is 8.42 Å². The molecule has 1 aromatic carbocycles. The molecule has 3 aromatic rings.